The fourth-order valence-electron chi connectivity index (χ4n) is 3.35. The van der Waals surface area contributed by atoms with E-state index in [1.165, 1.54) is 24.3 Å². The van der Waals surface area contributed by atoms with E-state index < -0.39 is 11.5 Å². The second-order valence-corrected chi connectivity index (χ2v) is 7.61. The van der Waals surface area contributed by atoms with Crippen LogP contribution in [0.1, 0.15) is 72.1 Å². The normalized spacial score (nSPS) is 10.9. The highest BCUT2D eigenvalue weighted by atomic mass is 16.6. The van der Waals surface area contributed by atoms with Crippen molar-refractivity contribution >= 4 is 16.9 Å². The van der Waals surface area contributed by atoms with Crippen molar-refractivity contribution in [3.05, 3.63) is 28.6 Å². The third kappa shape index (κ3) is 6.51. The number of aromatic nitrogens is 1. The Hall–Kier alpha value is -2.50. The number of carbonyl (C=O) groups is 1. The third-order valence-electron chi connectivity index (χ3n) is 5.04. The summed E-state index contributed by atoms with van der Waals surface area (Å²) in [5.74, 6) is 0.438. The molecule has 0 amide bonds. The van der Waals surface area contributed by atoms with Crippen LogP contribution in [0.5, 0.6) is 17.2 Å². The van der Waals surface area contributed by atoms with Crippen LogP contribution in [0.4, 0.5) is 0 Å². The zero-order valence-corrected chi connectivity index (χ0v) is 18.8. The quantitative estimate of drug-likeness (QED) is 0.323. The third-order valence-corrected chi connectivity index (χ3v) is 5.04. The Morgan fingerprint density at radius 1 is 0.900 bits per heavy atom. The van der Waals surface area contributed by atoms with Crippen molar-refractivity contribution in [1.29, 1.82) is 0 Å². The molecule has 6 heteroatoms. The molecule has 0 aliphatic heterocycles. The summed E-state index contributed by atoms with van der Waals surface area (Å²) < 4.78 is 18.6. The van der Waals surface area contributed by atoms with E-state index in [0.717, 1.165) is 43.9 Å². The molecule has 0 aliphatic rings. The predicted octanol–water partition coefficient (Wildman–Crippen LogP) is 5.38. The molecule has 1 aromatic carbocycles. The van der Waals surface area contributed by atoms with Gasteiger partial charge >= 0.3 is 5.97 Å². The van der Waals surface area contributed by atoms with Crippen LogP contribution in [0, 0.1) is 0 Å². The Labute approximate surface area is 179 Å². The van der Waals surface area contributed by atoms with Crippen molar-refractivity contribution in [2.45, 2.75) is 72.1 Å². The van der Waals surface area contributed by atoms with Crippen molar-refractivity contribution in [2.75, 3.05) is 13.2 Å². The Kier molecular flexibility index (Phi) is 9.71. The molecule has 0 saturated heterocycles. The molecule has 0 bridgehead atoms. The van der Waals surface area contributed by atoms with Crippen LogP contribution < -0.4 is 19.8 Å². The van der Waals surface area contributed by atoms with Crippen molar-refractivity contribution in [3.8, 4) is 17.2 Å². The summed E-state index contributed by atoms with van der Waals surface area (Å²) in [6.45, 7) is 6.72. The van der Waals surface area contributed by atoms with Gasteiger partial charge in [0.1, 0.15) is 5.75 Å². The van der Waals surface area contributed by atoms with E-state index in [1.807, 2.05) is 18.2 Å². The molecule has 0 aliphatic carbocycles. The maximum Gasteiger partial charge on any atom is 0.308 e. The lowest BCUT2D eigenvalue weighted by molar-refractivity contribution is -0.132. The minimum absolute atomic E-state index is 0.0544. The Balaban J connectivity index is 2.32. The van der Waals surface area contributed by atoms with Gasteiger partial charge < -0.3 is 18.8 Å². The monoisotopic (exact) mass is 417 g/mol. The number of benzene rings is 1. The molecule has 166 valence electrons. The van der Waals surface area contributed by atoms with Gasteiger partial charge in [-0.1, -0.05) is 52.4 Å². The fourth-order valence-corrected chi connectivity index (χ4v) is 3.35. The van der Waals surface area contributed by atoms with Crippen LogP contribution in [-0.4, -0.2) is 23.8 Å². The molecule has 0 radical (unpaired) electrons. The number of fused-ring (bicyclic) bond motifs is 1. The molecule has 0 saturated carbocycles. The Bertz CT molecular complexity index is 887. The highest BCUT2D eigenvalue weighted by molar-refractivity contribution is 5.89. The van der Waals surface area contributed by atoms with Crippen LogP contribution in [0.25, 0.3) is 10.9 Å². The summed E-state index contributed by atoms with van der Waals surface area (Å²) in [6, 6.07) is 5.58. The average Bonchev–Trinajstić information content (AvgIpc) is 2.73. The van der Waals surface area contributed by atoms with Gasteiger partial charge in [0, 0.05) is 25.4 Å². The highest BCUT2D eigenvalue weighted by Crippen LogP contribution is 2.34. The number of unbranched alkanes of at least 4 members (excludes halogenated alkanes) is 6. The largest absolute Gasteiger partial charge is 0.494 e. The number of carbonyl (C=O) groups excluding carboxylic acids is 1. The molecule has 6 nitrogen and oxygen atoms in total. The lowest BCUT2D eigenvalue weighted by atomic mass is 10.1. The molecule has 1 aromatic heterocycles. The summed E-state index contributed by atoms with van der Waals surface area (Å²) in [5.41, 5.74) is 0.284. The van der Waals surface area contributed by atoms with Gasteiger partial charge in [-0.25, -0.2) is 0 Å². The van der Waals surface area contributed by atoms with E-state index in [0.29, 0.717) is 30.2 Å². The van der Waals surface area contributed by atoms with Crippen LogP contribution in [-0.2, 0) is 11.8 Å². The second kappa shape index (κ2) is 12.3. The summed E-state index contributed by atoms with van der Waals surface area (Å²) >= 11 is 0. The number of hydrogen-bond acceptors (Lipinski definition) is 5. The van der Waals surface area contributed by atoms with E-state index in [1.54, 1.807) is 7.05 Å². The average molecular weight is 418 g/mol. The minimum atomic E-state index is -0.547. The van der Waals surface area contributed by atoms with E-state index in [9.17, 15) is 9.59 Å². The molecular formula is C24H35NO5. The first-order valence-electron chi connectivity index (χ1n) is 11.1. The minimum Gasteiger partial charge on any atom is -0.494 e. The van der Waals surface area contributed by atoms with Crippen molar-refractivity contribution in [1.82, 2.24) is 4.57 Å². The molecular weight excluding hydrogens is 382 g/mol. The van der Waals surface area contributed by atoms with Crippen molar-refractivity contribution in [2.24, 2.45) is 7.05 Å². The van der Waals surface area contributed by atoms with Gasteiger partial charge in [0.15, 0.2) is 5.75 Å². The number of nitrogens with zero attached hydrogens (tertiary/aromatic N) is 1. The standard InChI is InChI=1S/C24H35NO5/c1-5-7-9-11-15-28-19-13-14-20-21(17-19)25(4)24(27)23(30-18(3)26)22(20)29-16-12-10-8-6-2/h13-14,17H,5-12,15-16H2,1-4H3. The fraction of sp³-hybridized carbons (Fsp3) is 0.583. The van der Waals surface area contributed by atoms with Crippen LogP contribution in [0.3, 0.4) is 0 Å². The van der Waals surface area contributed by atoms with Gasteiger partial charge in [-0.3, -0.25) is 9.59 Å². The van der Waals surface area contributed by atoms with E-state index in [2.05, 4.69) is 13.8 Å². The Morgan fingerprint density at radius 2 is 1.53 bits per heavy atom. The van der Waals surface area contributed by atoms with Gasteiger partial charge in [0.25, 0.3) is 5.56 Å². The molecule has 0 N–H and O–H groups in total. The number of esters is 1. The first kappa shape index (κ1) is 23.8. The molecule has 30 heavy (non-hydrogen) atoms. The van der Waals surface area contributed by atoms with Gasteiger partial charge in [-0.2, -0.15) is 0 Å². The number of rotatable bonds is 13. The van der Waals surface area contributed by atoms with Gasteiger partial charge in [-0.05, 0) is 25.0 Å². The second-order valence-electron chi connectivity index (χ2n) is 7.61. The van der Waals surface area contributed by atoms with Crippen LogP contribution in [0.2, 0.25) is 0 Å². The SMILES string of the molecule is CCCCCCOc1ccc2c(OCCCCCC)c(OC(C)=O)c(=O)n(C)c2c1. The molecule has 0 unspecified atom stereocenters. The smallest absolute Gasteiger partial charge is 0.308 e. The summed E-state index contributed by atoms with van der Waals surface area (Å²) in [5, 5.41) is 0.724. The maximum atomic E-state index is 12.9. The number of ether oxygens (including phenoxy) is 3. The zero-order valence-electron chi connectivity index (χ0n) is 18.8. The molecule has 0 spiro atoms. The first-order chi connectivity index (χ1) is 14.5. The summed E-state index contributed by atoms with van der Waals surface area (Å²) in [4.78, 5) is 24.5. The molecule has 1 heterocycles. The van der Waals surface area contributed by atoms with Crippen molar-refractivity contribution in [3.63, 3.8) is 0 Å². The van der Waals surface area contributed by atoms with Crippen molar-refractivity contribution < 1.29 is 19.0 Å². The van der Waals surface area contributed by atoms with Gasteiger partial charge in [0.2, 0.25) is 5.75 Å². The Morgan fingerprint density at radius 3 is 2.13 bits per heavy atom. The lowest BCUT2D eigenvalue weighted by Gasteiger charge is -2.16. The number of aryl methyl sites for hydroxylation is 1. The predicted molar refractivity (Wildman–Crippen MR) is 120 cm³/mol. The summed E-state index contributed by atoms with van der Waals surface area (Å²) in [6.07, 6.45) is 8.73. The maximum absolute atomic E-state index is 12.9. The lowest BCUT2D eigenvalue weighted by Crippen LogP contribution is -2.22. The van der Waals surface area contributed by atoms with Crippen LogP contribution >= 0.6 is 0 Å². The van der Waals surface area contributed by atoms with Gasteiger partial charge in [0.05, 0.1) is 18.7 Å². The van der Waals surface area contributed by atoms with Gasteiger partial charge in [-0.15, -0.1) is 0 Å². The first-order valence-corrected chi connectivity index (χ1v) is 11.1. The molecule has 0 atom stereocenters. The van der Waals surface area contributed by atoms with Crippen LogP contribution in [0.15, 0.2) is 23.0 Å². The number of hydrogen-bond donors (Lipinski definition) is 0. The molecule has 0 fully saturated rings. The number of pyridine rings is 1. The molecule has 2 aromatic rings. The van der Waals surface area contributed by atoms with E-state index >= 15 is 0 Å². The zero-order chi connectivity index (χ0) is 21.9. The van der Waals surface area contributed by atoms with E-state index in [4.69, 9.17) is 14.2 Å². The highest BCUT2D eigenvalue weighted by Gasteiger charge is 2.20. The molecule has 2 rings (SSSR count). The van der Waals surface area contributed by atoms with E-state index in [-0.39, 0.29) is 5.75 Å². The topological polar surface area (TPSA) is 66.8 Å². The summed E-state index contributed by atoms with van der Waals surface area (Å²) in [7, 11) is 1.66.